The Morgan fingerprint density at radius 2 is 2.20 bits per heavy atom. The van der Waals surface area contributed by atoms with Crippen LogP contribution in [-0.2, 0) is 6.54 Å². The number of rotatable bonds is 4. The van der Waals surface area contributed by atoms with E-state index in [-0.39, 0.29) is 5.56 Å². The van der Waals surface area contributed by atoms with Crippen molar-refractivity contribution in [2.45, 2.75) is 32.4 Å². The van der Waals surface area contributed by atoms with Gasteiger partial charge in [0.2, 0.25) is 0 Å². The van der Waals surface area contributed by atoms with Crippen molar-refractivity contribution in [3.8, 4) is 5.75 Å². The topological polar surface area (TPSA) is 62.6 Å². The number of methoxy groups -OCH3 is 1. The quantitative estimate of drug-likeness (QED) is 0.794. The Kier molecular flexibility index (Phi) is 4.05. The minimum atomic E-state index is -0.0646. The summed E-state index contributed by atoms with van der Waals surface area (Å²) in [5.41, 5.74) is 3.62. The molecule has 25 heavy (non-hydrogen) atoms. The fourth-order valence-corrected chi connectivity index (χ4v) is 3.69. The molecule has 3 heterocycles. The number of aromatic nitrogens is 3. The Labute approximate surface area is 146 Å². The van der Waals surface area contributed by atoms with Gasteiger partial charge in [-0.1, -0.05) is 12.1 Å². The van der Waals surface area contributed by atoms with Gasteiger partial charge in [-0.15, -0.1) is 0 Å². The van der Waals surface area contributed by atoms with Crippen LogP contribution in [0.1, 0.15) is 35.8 Å². The first-order chi connectivity index (χ1) is 12.1. The van der Waals surface area contributed by atoms with Crippen molar-refractivity contribution in [1.82, 2.24) is 19.5 Å². The molecule has 1 aromatic carbocycles. The molecule has 0 unspecified atom stereocenters. The second-order valence-electron chi connectivity index (χ2n) is 6.62. The van der Waals surface area contributed by atoms with E-state index >= 15 is 0 Å². The number of nitrogens with one attached hydrogen (secondary N) is 1. The van der Waals surface area contributed by atoms with E-state index in [9.17, 15) is 4.79 Å². The number of benzene rings is 1. The highest BCUT2D eigenvalue weighted by molar-refractivity contribution is 5.39. The van der Waals surface area contributed by atoms with Crippen LogP contribution in [0.4, 0.5) is 0 Å². The number of aryl methyl sites for hydroxylation is 1. The SMILES string of the molecule is COc1cccc([C@@H]2CCCN2Cc2cc(=O)n3[nH]c(C)cc3n2)c1. The van der Waals surface area contributed by atoms with Gasteiger partial charge < -0.3 is 4.74 Å². The van der Waals surface area contributed by atoms with Crippen LogP contribution in [-0.4, -0.2) is 33.2 Å². The van der Waals surface area contributed by atoms with Gasteiger partial charge >= 0.3 is 0 Å². The van der Waals surface area contributed by atoms with Gasteiger partial charge in [-0.3, -0.25) is 14.8 Å². The van der Waals surface area contributed by atoms with Crippen LogP contribution in [0.2, 0.25) is 0 Å². The smallest absolute Gasteiger partial charge is 0.272 e. The number of aromatic amines is 1. The van der Waals surface area contributed by atoms with E-state index in [4.69, 9.17) is 4.74 Å². The molecule has 1 saturated heterocycles. The summed E-state index contributed by atoms with van der Waals surface area (Å²) >= 11 is 0. The molecule has 1 fully saturated rings. The minimum absolute atomic E-state index is 0.0646. The summed E-state index contributed by atoms with van der Waals surface area (Å²) in [6.45, 7) is 3.61. The van der Waals surface area contributed by atoms with Crippen LogP contribution in [0, 0.1) is 6.92 Å². The highest BCUT2D eigenvalue weighted by Gasteiger charge is 2.26. The zero-order chi connectivity index (χ0) is 17.4. The minimum Gasteiger partial charge on any atom is -0.497 e. The fraction of sp³-hybridized carbons (Fsp3) is 0.368. The van der Waals surface area contributed by atoms with Crippen LogP contribution < -0.4 is 10.3 Å². The normalized spacial score (nSPS) is 18.1. The lowest BCUT2D eigenvalue weighted by molar-refractivity contribution is 0.245. The summed E-state index contributed by atoms with van der Waals surface area (Å²) in [5, 5.41) is 3.01. The van der Waals surface area contributed by atoms with Gasteiger partial charge in [0, 0.05) is 30.4 Å². The summed E-state index contributed by atoms with van der Waals surface area (Å²) in [4.78, 5) is 19.3. The lowest BCUT2D eigenvalue weighted by Gasteiger charge is -2.24. The molecular formula is C19H22N4O2. The number of hydrogen-bond donors (Lipinski definition) is 1. The molecule has 1 N–H and O–H groups in total. The van der Waals surface area contributed by atoms with Crippen molar-refractivity contribution in [2.75, 3.05) is 13.7 Å². The highest BCUT2D eigenvalue weighted by atomic mass is 16.5. The molecule has 6 heteroatoms. The molecule has 130 valence electrons. The molecule has 6 nitrogen and oxygen atoms in total. The standard InChI is InChI=1S/C19H22N4O2/c1-13-9-18-20-15(11-19(24)23(18)21-13)12-22-8-4-7-17(22)14-5-3-6-16(10-14)25-2/h3,5-6,9-11,17,21H,4,7-8,12H2,1-2H3/t17-/m0/s1. The molecule has 3 aromatic rings. The Balaban J connectivity index is 1.62. The molecule has 0 bridgehead atoms. The van der Waals surface area contributed by atoms with E-state index in [0.29, 0.717) is 18.2 Å². The molecule has 4 rings (SSSR count). The maximum atomic E-state index is 12.3. The summed E-state index contributed by atoms with van der Waals surface area (Å²) in [6, 6.07) is 12.1. The van der Waals surface area contributed by atoms with E-state index < -0.39 is 0 Å². The molecule has 0 amide bonds. The van der Waals surface area contributed by atoms with Crippen molar-refractivity contribution in [1.29, 1.82) is 0 Å². The van der Waals surface area contributed by atoms with Gasteiger partial charge in [-0.25, -0.2) is 9.50 Å². The van der Waals surface area contributed by atoms with E-state index in [0.717, 1.165) is 36.5 Å². The number of hydrogen-bond acceptors (Lipinski definition) is 4. The summed E-state index contributed by atoms with van der Waals surface area (Å²) < 4.78 is 6.84. The van der Waals surface area contributed by atoms with Gasteiger partial charge in [0.1, 0.15) is 5.75 Å². The molecular weight excluding hydrogens is 316 g/mol. The van der Waals surface area contributed by atoms with Gasteiger partial charge in [0.15, 0.2) is 5.65 Å². The zero-order valence-electron chi connectivity index (χ0n) is 14.5. The summed E-state index contributed by atoms with van der Waals surface area (Å²) in [5.74, 6) is 0.880. The molecule has 2 aromatic heterocycles. The van der Waals surface area contributed by atoms with Gasteiger partial charge in [-0.2, -0.15) is 0 Å². The predicted octanol–water partition coefficient (Wildman–Crippen LogP) is 2.68. The van der Waals surface area contributed by atoms with Crippen molar-refractivity contribution in [3.63, 3.8) is 0 Å². The fourth-order valence-electron chi connectivity index (χ4n) is 3.69. The predicted molar refractivity (Wildman–Crippen MR) is 95.9 cm³/mol. The third-order valence-corrected chi connectivity index (χ3v) is 4.84. The van der Waals surface area contributed by atoms with Gasteiger partial charge in [0.25, 0.3) is 5.56 Å². The van der Waals surface area contributed by atoms with E-state index in [1.165, 1.54) is 10.1 Å². The van der Waals surface area contributed by atoms with Crippen LogP contribution in [0.3, 0.4) is 0 Å². The summed E-state index contributed by atoms with van der Waals surface area (Å²) in [6.07, 6.45) is 2.25. The Morgan fingerprint density at radius 1 is 1.32 bits per heavy atom. The van der Waals surface area contributed by atoms with Gasteiger partial charge in [-0.05, 0) is 44.0 Å². The maximum Gasteiger partial charge on any atom is 0.272 e. The molecule has 1 aliphatic rings. The monoisotopic (exact) mass is 338 g/mol. The molecule has 0 saturated carbocycles. The number of ether oxygens (including phenoxy) is 1. The number of likely N-dealkylation sites (tertiary alicyclic amines) is 1. The van der Waals surface area contributed by atoms with Crippen LogP contribution in [0.15, 0.2) is 41.2 Å². The lowest BCUT2D eigenvalue weighted by Crippen LogP contribution is -2.25. The largest absolute Gasteiger partial charge is 0.497 e. The number of nitrogens with zero attached hydrogens (tertiary/aromatic N) is 3. The van der Waals surface area contributed by atoms with E-state index in [2.05, 4.69) is 27.1 Å². The third-order valence-electron chi connectivity index (χ3n) is 4.84. The van der Waals surface area contributed by atoms with Crippen LogP contribution in [0.25, 0.3) is 5.65 Å². The highest BCUT2D eigenvalue weighted by Crippen LogP contribution is 2.34. The average Bonchev–Trinajstić information content (AvgIpc) is 3.21. The number of fused-ring (bicyclic) bond motifs is 1. The second-order valence-corrected chi connectivity index (χ2v) is 6.62. The third kappa shape index (κ3) is 3.05. The molecule has 0 aliphatic carbocycles. The maximum absolute atomic E-state index is 12.3. The zero-order valence-corrected chi connectivity index (χ0v) is 14.5. The Morgan fingerprint density at radius 3 is 3.04 bits per heavy atom. The molecule has 1 aliphatic heterocycles. The first-order valence-corrected chi connectivity index (χ1v) is 8.60. The Bertz CT molecular complexity index is 959. The first kappa shape index (κ1) is 15.9. The second kappa shape index (κ2) is 6.37. The van der Waals surface area contributed by atoms with Crippen molar-refractivity contribution in [3.05, 3.63) is 63.7 Å². The molecule has 0 radical (unpaired) electrons. The van der Waals surface area contributed by atoms with Gasteiger partial charge in [0.05, 0.1) is 12.8 Å². The van der Waals surface area contributed by atoms with Crippen LogP contribution >= 0.6 is 0 Å². The average molecular weight is 338 g/mol. The van der Waals surface area contributed by atoms with Crippen LogP contribution in [0.5, 0.6) is 5.75 Å². The van der Waals surface area contributed by atoms with E-state index in [1.807, 2.05) is 25.1 Å². The van der Waals surface area contributed by atoms with Crippen molar-refractivity contribution in [2.24, 2.45) is 0 Å². The lowest BCUT2D eigenvalue weighted by atomic mass is 10.0. The summed E-state index contributed by atoms with van der Waals surface area (Å²) in [7, 11) is 1.69. The molecule has 1 atom stereocenters. The molecule has 0 spiro atoms. The van der Waals surface area contributed by atoms with E-state index in [1.54, 1.807) is 13.2 Å². The van der Waals surface area contributed by atoms with Crippen molar-refractivity contribution < 1.29 is 4.74 Å². The number of H-pyrrole nitrogens is 1. The van der Waals surface area contributed by atoms with Crippen molar-refractivity contribution >= 4 is 5.65 Å². The first-order valence-electron chi connectivity index (χ1n) is 8.60. The Hall–Kier alpha value is -2.60.